The van der Waals surface area contributed by atoms with Crippen LogP contribution in [0.5, 0.6) is 0 Å². The van der Waals surface area contributed by atoms with E-state index in [-0.39, 0.29) is 0 Å². The van der Waals surface area contributed by atoms with E-state index >= 15 is 0 Å². The molecule has 2 aromatic heterocycles. The fourth-order valence-electron chi connectivity index (χ4n) is 5.53. The van der Waals surface area contributed by atoms with Gasteiger partial charge in [0.25, 0.3) is 0 Å². The molecule has 0 bridgehead atoms. The topological polar surface area (TPSA) is 66.6 Å². The normalized spacial score (nSPS) is 18.4. The maximum atomic E-state index is 5.01. The predicted molar refractivity (Wildman–Crippen MR) is 143 cm³/mol. The van der Waals surface area contributed by atoms with Crippen LogP contribution in [-0.2, 0) is 0 Å². The molecule has 4 rings (SSSR count). The molecule has 3 heterocycles. The lowest BCUT2D eigenvalue weighted by Gasteiger charge is -2.22. The Kier molecular flexibility index (Phi) is 7.78. The number of nitrogens with zero attached hydrogens (tertiary/aromatic N) is 4. The van der Waals surface area contributed by atoms with E-state index in [1.54, 1.807) is 0 Å². The second kappa shape index (κ2) is 11.0. The summed E-state index contributed by atoms with van der Waals surface area (Å²) in [5, 5.41) is 8.79. The highest BCUT2D eigenvalue weighted by Crippen LogP contribution is 2.27. The molecule has 180 valence electrons. The van der Waals surface area contributed by atoms with Crippen molar-refractivity contribution < 1.29 is 0 Å². The SMILES string of the molecule is C=N/C=c1/c(C)c(C(=C)C)c(=C)n(C2CCCC2)c1=NCNc1ccc(C2CCNCC2)cn1. The second-order valence-electron chi connectivity index (χ2n) is 9.58. The Morgan fingerprint density at radius 2 is 1.97 bits per heavy atom. The van der Waals surface area contributed by atoms with Crippen LogP contribution in [-0.4, -0.2) is 36.0 Å². The van der Waals surface area contributed by atoms with Crippen LogP contribution in [0.1, 0.15) is 74.1 Å². The van der Waals surface area contributed by atoms with Crippen LogP contribution in [0.4, 0.5) is 5.82 Å². The number of piperidine rings is 1. The number of nitrogens with one attached hydrogen (secondary N) is 2. The van der Waals surface area contributed by atoms with Crippen LogP contribution in [0.25, 0.3) is 18.4 Å². The number of aliphatic imine (C=N–C) groups is 1. The number of allylic oxidation sites excluding steroid dienone is 1. The molecule has 1 saturated carbocycles. The van der Waals surface area contributed by atoms with Crippen LogP contribution in [0.2, 0.25) is 0 Å². The highest BCUT2D eigenvalue weighted by Gasteiger charge is 2.21. The van der Waals surface area contributed by atoms with Gasteiger partial charge in [0.2, 0.25) is 0 Å². The molecular formula is C28H38N6. The largest absolute Gasteiger partial charge is 0.351 e. The standard InChI is InChI=1S/C28H38N6/c1-19(2)27-20(3)25(17-29-5)28(34(21(27)4)24-8-6-7-9-24)33-18-32-26-11-10-23(16-31-26)22-12-14-30-15-13-22/h10-11,16-17,22,24,30H,1,4-9,12-15,18H2,2-3H3,(H,31,32)/b25-17-,33-28?. The van der Waals surface area contributed by atoms with Gasteiger partial charge in [-0.25, -0.2) is 9.98 Å². The van der Waals surface area contributed by atoms with E-state index in [2.05, 4.69) is 64.1 Å². The molecule has 2 aromatic rings. The Labute approximate surface area is 203 Å². The van der Waals surface area contributed by atoms with Crippen molar-refractivity contribution in [2.75, 3.05) is 25.1 Å². The first-order valence-electron chi connectivity index (χ1n) is 12.5. The molecule has 1 aliphatic carbocycles. The van der Waals surface area contributed by atoms with Gasteiger partial charge in [-0.15, -0.1) is 0 Å². The molecule has 0 atom stereocenters. The Balaban J connectivity index is 1.68. The minimum absolute atomic E-state index is 0.393. The van der Waals surface area contributed by atoms with Crippen molar-refractivity contribution in [1.29, 1.82) is 0 Å². The molecule has 2 fully saturated rings. The van der Waals surface area contributed by atoms with Crippen LogP contribution < -0.4 is 26.7 Å². The number of anilines is 1. The van der Waals surface area contributed by atoms with Crippen molar-refractivity contribution in [3.05, 3.63) is 57.7 Å². The Morgan fingerprint density at radius 1 is 1.24 bits per heavy atom. The molecule has 0 amide bonds. The van der Waals surface area contributed by atoms with Crippen molar-refractivity contribution in [3.63, 3.8) is 0 Å². The summed E-state index contributed by atoms with van der Waals surface area (Å²) in [6.07, 6.45) is 10.9. The Bertz CT molecular complexity index is 1210. The third-order valence-corrected chi connectivity index (χ3v) is 7.25. The zero-order chi connectivity index (χ0) is 24.1. The summed E-state index contributed by atoms with van der Waals surface area (Å²) in [5.41, 5.74) is 5.44. The van der Waals surface area contributed by atoms with Crippen LogP contribution >= 0.6 is 0 Å². The molecule has 2 N–H and O–H groups in total. The van der Waals surface area contributed by atoms with E-state index in [9.17, 15) is 0 Å². The Hall–Kier alpha value is -2.99. The molecule has 1 saturated heterocycles. The molecule has 0 spiro atoms. The first-order valence-corrected chi connectivity index (χ1v) is 12.5. The van der Waals surface area contributed by atoms with Crippen LogP contribution in [0.3, 0.4) is 0 Å². The molecule has 2 aliphatic rings. The monoisotopic (exact) mass is 458 g/mol. The maximum Gasteiger partial charge on any atom is 0.139 e. The fraction of sp³-hybridized carbons (Fsp3) is 0.464. The summed E-state index contributed by atoms with van der Waals surface area (Å²) in [6.45, 7) is 19.1. The van der Waals surface area contributed by atoms with Gasteiger partial charge in [0.05, 0.1) is 0 Å². The van der Waals surface area contributed by atoms with Gasteiger partial charge in [-0.2, -0.15) is 0 Å². The van der Waals surface area contributed by atoms with Gasteiger partial charge in [-0.05, 0) is 88.0 Å². The average Bonchev–Trinajstić information content (AvgIpc) is 3.37. The fourth-order valence-corrected chi connectivity index (χ4v) is 5.53. The van der Waals surface area contributed by atoms with Crippen LogP contribution in [0.15, 0.2) is 34.9 Å². The van der Waals surface area contributed by atoms with Crippen molar-refractivity contribution in [1.82, 2.24) is 14.9 Å². The predicted octanol–water partition coefficient (Wildman–Crippen LogP) is 3.63. The zero-order valence-corrected chi connectivity index (χ0v) is 20.7. The quantitative estimate of drug-likeness (QED) is 0.623. The van der Waals surface area contributed by atoms with E-state index in [0.717, 1.165) is 64.5 Å². The first-order chi connectivity index (χ1) is 16.5. The Morgan fingerprint density at radius 3 is 2.59 bits per heavy atom. The second-order valence-corrected chi connectivity index (χ2v) is 9.58. The third kappa shape index (κ3) is 5.07. The van der Waals surface area contributed by atoms with E-state index < -0.39 is 0 Å². The minimum atomic E-state index is 0.393. The summed E-state index contributed by atoms with van der Waals surface area (Å²) in [5.74, 6) is 1.44. The summed E-state index contributed by atoms with van der Waals surface area (Å²) < 4.78 is 2.32. The summed E-state index contributed by atoms with van der Waals surface area (Å²) in [7, 11) is 0. The third-order valence-electron chi connectivity index (χ3n) is 7.25. The van der Waals surface area contributed by atoms with Crippen molar-refractivity contribution >= 4 is 30.9 Å². The first kappa shape index (κ1) is 24.1. The molecule has 6 nitrogen and oxygen atoms in total. The summed E-state index contributed by atoms with van der Waals surface area (Å²) >= 11 is 0. The van der Waals surface area contributed by atoms with Gasteiger partial charge in [0, 0.05) is 34.6 Å². The molecule has 0 aromatic carbocycles. The highest BCUT2D eigenvalue weighted by atomic mass is 15.1. The maximum absolute atomic E-state index is 5.01. The number of hydrogen-bond acceptors (Lipinski definition) is 5. The highest BCUT2D eigenvalue weighted by molar-refractivity contribution is 5.65. The number of pyridine rings is 2. The van der Waals surface area contributed by atoms with Gasteiger partial charge in [-0.3, -0.25) is 4.99 Å². The summed E-state index contributed by atoms with van der Waals surface area (Å²) in [4.78, 5) is 13.8. The van der Waals surface area contributed by atoms with Gasteiger partial charge in [0.15, 0.2) is 0 Å². The van der Waals surface area contributed by atoms with Crippen molar-refractivity contribution in [3.8, 4) is 0 Å². The van der Waals surface area contributed by atoms with E-state index in [0.29, 0.717) is 18.6 Å². The number of hydrogen-bond donors (Lipinski definition) is 2. The molecular weight excluding hydrogens is 420 g/mol. The lowest BCUT2D eigenvalue weighted by molar-refractivity contribution is 0.459. The van der Waals surface area contributed by atoms with Gasteiger partial charge >= 0.3 is 0 Å². The smallest absolute Gasteiger partial charge is 0.139 e. The summed E-state index contributed by atoms with van der Waals surface area (Å²) in [6, 6.07) is 4.66. The molecule has 0 radical (unpaired) electrons. The van der Waals surface area contributed by atoms with E-state index in [1.807, 2.05) is 19.3 Å². The lowest BCUT2D eigenvalue weighted by Crippen LogP contribution is -2.48. The van der Waals surface area contributed by atoms with Crippen molar-refractivity contribution in [2.24, 2.45) is 9.98 Å². The van der Waals surface area contributed by atoms with E-state index in [1.165, 1.54) is 31.2 Å². The average molecular weight is 459 g/mol. The van der Waals surface area contributed by atoms with Crippen molar-refractivity contribution in [2.45, 2.75) is 64.3 Å². The van der Waals surface area contributed by atoms with E-state index in [4.69, 9.17) is 4.99 Å². The van der Waals surface area contributed by atoms with Crippen LogP contribution in [0, 0.1) is 6.92 Å². The molecule has 0 unspecified atom stereocenters. The lowest BCUT2D eigenvalue weighted by atomic mass is 9.91. The number of rotatable bonds is 7. The minimum Gasteiger partial charge on any atom is -0.351 e. The number of aromatic nitrogens is 2. The molecule has 1 aliphatic heterocycles. The zero-order valence-electron chi connectivity index (χ0n) is 20.7. The van der Waals surface area contributed by atoms with Gasteiger partial charge in [-0.1, -0.05) is 32.1 Å². The molecule has 6 heteroatoms. The van der Waals surface area contributed by atoms with Gasteiger partial charge in [0.1, 0.15) is 18.0 Å². The molecule has 34 heavy (non-hydrogen) atoms. The van der Waals surface area contributed by atoms with Gasteiger partial charge < -0.3 is 15.2 Å².